The largest absolute Gasteiger partial charge is 0.497 e. The van der Waals surface area contributed by atoms with Gasteiger partial charge in [-0.2, -0.15) is 0 Å². The van der Waals surface area contributed by atoms with Crippen molar-refractivity contribution in [1.29, 1.82) is 0 Å². The van der Waals surface area contributed by atoms with Crippen LogP contribution in [0.4, 0.5) is 5.69 Å². The second-order valence-electron chi connectivity index (χ2n) is 6.40. The Morgan fingerprint density at radius 1 is 1.12 bits per heavy atom. The summed E-state index contributed by atoms with van der Waals surface area (Å²) in [6, 6.07) is 16.0. The fraction of sp³-hybridized carbons (Fsp3) is 0.350. The number of carbonyl (C=O) groups is 1. The molecule has 1 aliphatic rings. The third kappa shape index (κ3) is 3.95. The van der Waals surface area contributed by atoms with Crippen LogP contribution < -0.4 is 14.5 Å². The van der Waals surface area contributed by atoms with E-state index in [2.05, 4.69) is 17.0 Å². The molecule has 1 saturated heterocycles. The number of quaternary nitrogens is 1. The van der Waals surface area contributed by atoms with Crippen LogP contribution in [0.3, 0.4) is 0 Å². The second kappa shape index (κ2) is 7.49. The molecule has 1 aliphatic heterocycles. The molecule has 0 amide bonds. The third-order valence-electron chi connectivity index (χ3n) is 4.67. The number of piperazine rings is 1. The van der Waals surface area contributed by atoms with E-state index in [0.29, 0.717) is 6.54 Å². The van der Waals surface area contributed by atoms with E-state index in [-0.39, 0.29) is 5.78 Å². The summed E-state index contributed by atoms with van der Waals surface area (Å²) < 4.78 is 5.30. The van der Waals surface area contributed by atoms with Gasteiger partial charge < -0.3 is 14.5 Å². The molecule has 0 aliphatic carbocycles. The molecule has 4 heteroatoms. The number of nitrogens with one attached hydrogen (secondary N) is 1. The molecule has 1 N–H and O–H groups in total. The molecule has 0 aromatic heterocycles. The van der Waals surface area contributed by atoms with Crippen molar-refractivity contribution in [2.24, 2.45) is 0 Å². The number of ketones is 1. The van der Waals surface area contributed by atoms with Crippen LogP contribution in [-0.4, -0.2) is 45.6 Å². The number of carbonyl (C=O) groups excluding carboxylic acids is 1. The molecule has 1 heterocycles. The monoisotopic (exact) mass is 325 g/mol. The van der Waals surface area contributed by atoms with Crippen molar-refractivity contribution in [3.8, 4) is 5.75 Å². The van der Waals surface area contributed by atoms with Gasteiger partial charge in [-0.15, -0.1) is 0 Å². The van der Waals surface area contributed by atoms with Crippen LogP contribution in [-0.2, 0) is 0 Å². The first-order valence-corrected chi connectivity index (χ1v) is 8.48. The fourth-order valence-corrected chi connectivity index (χ4v) is 3.13. The number of anilines is 1. The number of ether oxygens (including phenoxy) is 1. The predicted molar refractivity (Wildman–Crippen MR) is 96.3 cm³/mol. The highest BCUT2D eigenvalue weighted by atomic mass is 16.5. The standard InChI is InChI=1S/C20H24N2O2/c1-16-6-8-17(9-7-16)20(23)15-21-10-12-22(13-11-21)18-4-3-5-19(14-18)24-2/h3-9,14H,10-13,15H2,1-2H3/p+1. The molecule has 2 aromatic carbocycles. The van der Waals surface area contributed by atoms with Gasteiger partial charge in [0.25, 0.3) is 0 Å². The summed E-state index contributed by atoms with van der Waals surface area (Å²) >= 11 is 0. The lowest BCUT2D eigenvalue weighted by Gasteiger charge is -2.33. The van der Waals surface area contributed by atoms with Crippen molar-refractivity contribution >= 4 is 11.5 Å². The molecule has 0 bridgehead atoms. The van der Waals surface area contributed by atoms with E-state index in [0.717, 1.165) is 37.5 Å². The van der Waals surface area contributed by atoms with Crippen LogP contribution in [0, 0.1) is 6.92 Å². The van der Waals surface area contributed by atoms with E-state index in [1.165, 1.54) is 16.2 Å². The van der Waals surface area contributed by atoms with Crippen molar-refractivity contribution in [2.45, 2.75) is 6.92 Å². The van der Waals surface area contributed by atoms with Gasteiger partial charge >= 0.3 is 0 Å². The van der Waals surface area contributed by atoms with Crippen molar-refractivity contribution in [3.05, 3.63) is 59.7 Å². The zero-order valence-electron chi connectivity index (χ0n) is 14.4. The van der Waals surface area contributed by atoms with E-state index in [4.69, 9.17) is 4.74 Å². The maximum absolute atomic E-state index is 12.4. The average Bonchev–Trinajstić information content (AvgIpc) is 2.63. The first-order chi connectivity index (χ1) is 11.7. The second-order valence-corrected chi connectivity index (χ2v) is 6.40. The van der Waals surface area contributed by atoms with E-state index in [1.807, 2.05) is 43.3 Å². The van der Waals surface area contributed by atoms with Gasteiger partial charge in [-0.05, 0) is 19.1 Å². The summed E-state index contributed by atoms with van der Waals surface area (Å²) in [6.45, 7) is 6.50. The lowest BCUT2D eigenvalue weighted by atomic mass is 10.1. The van der Waals surface area contributed by atoms with E-state index in [9.17, 15) is 4.79 Å². The number of benzene rings is 2. The van der Waals surface area contributed by atoms with E-state index < -0.39 is 0 Å². The Kier molecular flexibility index (Phi) is 5.16. The smallest absolute Gasteiger partial charge is 0.216 e. The number of hydrogen-bond donors (Lipinski definition) is 1. The summed E-state index contributed by atoms with van der Waals surface area (Å²) in [5, 5.41) is 0. The SMILES string of the molecule is COc1cccc(N2CC[NH+](CC(=O)c3ccc(C)cc3)CC2)c1. The van der Waals surface area contributed by atoms with Gasteiger partial charge in [-0.3, -0.25) is 4.79 Å². The molecule has 24 heavy (non-hydrogen) atoms. The van der Waals surface area contributed by atoms with Gasteiger partial charge in [0, 0.05) is 17.3 Å². The molecular weight excluding hydrogens is 300 g/mol. The highest BCUT2D eigenvalue weighted by Crippen LogP contribution is 2.20. The molecule has 0 unspecified atom stereocenters. The minimum Gasteiger partial charge on any atom is -0.497 e. The van der Waals surface area contributed by atoms with Gasteiger partial charge in [0.15, 0.2) is 0 Å². The summed E-state index contributed by atoms with van der Waals surface area (Å²) in [4.78, 5) is 16.1. The summed E-state index contributed by atoms with van der Waals surface area (Å²) in [6.07, 6.45) is 0. The third-order valence-corrected chi connectivity index (χ3v) is 4.67. The lowest BCUT2D eigenvalue weighted by Crippen LogP contribution is -3.15. The van der Waals surface area contributed by atoms with Crippen LogP contribution in [0.5, 0.6) is 5.75 Å². The van der Waals surface area contributed by atoms with Crippen molar-refractivity contribution in [3.63, 3.8) is 0 Å². The Balaban J connectivity index is 1.55. The maximum Gasteiger partial charge on any atom is 0.216 e. The maximum atomic E-state index is 12.4. The molecule has 0 atom stereocenters. The van der Waals surface area contributed by atoms with Crippen molar-refractivity contribution in [2.75, 3.05) is 44.7 Å². The summed E-state index contributed by atoms with van der Waals surface area (Å²) in [5.41, 5.74) is 3.20. The first kappa shape index (κ1) is 16.5. The number of aryl methyl sites for hydroxylation is 1. The minimum atomic E-state index is 0.236. The van der Waals surface area contributed by atoms with Crippen LogP contribution in [0.1, 0.15) is 15.9 Å². The highest BCUT2D eigenvalue weighted by Gasteiger charge is 2.23. The Morgan fingerprint density at radius 2 is 1.83 bits per heavy atom. The van der Waals surface area contributed by atoms with Crippen LogP contribution in [0.25, 0.3) is 0 Å². The molecule has 126 valence electrons. The topological polar surface area (TPSA) is 34.0 Å². The quantitative estimate of drug-likeness (QED) is 0.848. The molecule has 3 rings (SSSR count). The molecule has 0 spiro atoms. The normalized spacial score (nSPS) is 15.3. The zero-order valence-corrected chi connectivity index (χ0v) is 14.4. The van der Waals surface area contributed by atoms with E-state index in [1.54, 1.807) is 7.11 Å². The van der Waals surface area contributed by atoms with Gasteiger partial charge in [-0.25, -0.2) is 0 Å². The Hall–Kier alpha value is -2.33. The lowest BCUT2D eigenvalue weighted by molar-refractivity contribution is -0.892. The van der Waals surface area contributed by atoms with Gasteiger partial charge in [0.1, 0.15) is 12.3 Å². The molecule has 2 aromatic rings. The van der Waals surface area contributed by atoms with Crippen LogP contribution in [0.2, 0.25) is 0 Å². The van der Waals surface area contributed by atoms with Crippen molar-refractivity contribution < 1.29 is 14.4 Å². The number of rotatable bonds is 5. The summed E-state index contributed by atoms with van der Waals surface area (Å²) in [7, 11) is 1.69. The molecule has 0 saturated carbocycles. The minimum absolute atomic E-state index is 0.236. The number of Topliss-reactive ketones (excluding diaryl/α,β-unsaturated/α-hetero) is 1. The molecule has 1 fully saturated rings. The molecule has 0 radical (unpaired) electrons. The van der Waals surface area contributed by atoms with Gasteiger partial charge in [-0.1, -0.05) is 35.9 Å². The van der Waals surface area contributed by atoms with Gasteiger partial charge in [0.05, 0.1) is 33.3 Å². The van der Waals surface area contributed by atoms with E-state index >= 15 is 0 Å². The number of hydrogen-bond acceptors (Lipinski definition) is 3. The highest BCUT2D eigenvalue weighted by molar-refractivity contribution is 5.96. The Morgan fingerprint density at radius 3 is 2.50 bits per heavy atom. The Bertz CT molecular complexity index is 689. The summed E-state index contributed by atoms with van der Waals surface area (Å²) in [5.74, 6) is 1.12. The van der Waals surface area contributed by atoms with Gasteiger partial charge in [0.2, 0.25) is 5.78 Å². The Labute approximate surface area is 143 Å². The van der Waals surface area contributed by atoms with Crippen LogP contribution in [0.15, 0.2) is 48.5 Å². The zero-order chi connectivity index (χ0) is 16.9. The van der Waals surface area contributed by atoms with Crippen LogP contribution >= 0.6 is 0 Å². The molecule has 4 nitrogen and oxygen atoms in total. The first-order valence-electron chi connectivity index (χ1n) is 8.48. The molecular formula is C20H25N2O2+. The predicted octanol–water partition coefficient (Wildman–Crippen LogP) is 1.59. The average molecular weight is 325 g/mol. The fourth-order valence-electron chi connectivity index (χ4n) is 3.13. The van der Waals surface area contributed by atoms with Crippen molar-refractivity contribution in [1.82, 2.24) is 0 Å². The number of methoxy groups -OCH3 is 1. The number of nitrogens with zero attached hydrogens (tertiary/aromatic N) is 1.